The normalized spacial score (nSPS) is 19.0. The van der Waals surface area contributed by atoms with Crippen molar-refractivity contribution in [2.45, 2.75) is 45.1 Å². The molecule has 2 fully saturated rings. The number of oxime groups is 1. The fourth-order valence-corrected chi connectivity index (χ4v) is 6.16. The largest absolute Gasteiger partial charge is 0.396 e. The molecule has 0 radical (unpaired) electrons. The standard InChI is InChI=1S/C30H36BrN4O3/c1-3-38-32-28(22-8-10-24(31)11-9-22)23-12-17-34(18-13-23)30(2)15-20-33(21-16-30)29(36)26-14-19-35(37)27-7-5-4-6-25(26)27/h4-11,14,19,23,37H,3,12-13,15-18,20-21H2,1-2H3/q+1. The number of rotatable bonds is 6. The summed E-state index contributed by atoms with van der Waals surface area (Å²) in [4.78, 5) is 23.6. The number of pyridine rings is 1. The lowest BCUT2D eigenvalue weighted by Crippen LogP contribution is -2.56. The number of likely N-dealkylation sites (tertiary alicyclic amines) is 2. The predicted molar refractivity (Wildman–Crippen MR) is 151 cm³/mol. The van der Waals surface area contributed by atoms with Crippen LogP contribution in [0.15, 0.2) is 70.4 Å². The minimum atomic E-state index is 0.0360. The summed E-state index contributed by atoms with van der Waals surface area (Å²) in [6.07, 6.45) is 5.52. The average molecular weight is 581 g/mol. The van der Waals surface area contributed by atoms with Crippen LogP contribution < -0.4 is 4.73 Å². The first-order valence-electron chi connectivity index (χ1n) is 13.5. The summed E-state index contributed by atoms with van der Waals surface area (Å²) in [6.45, 7) is 8.36. The fraction of sp³-hybridized carbons (Fsp3) is 0.433. The van der Waals surface area contributed by atoms with Gasteiger partial charge in [-0.25, -0.2) is 0 Å². The van der Waals surface area contributed by atoms with Gasteiger partial charge in [0.25, 0.3) is 11.4 Å². The van der Waals surface area contributed by atoms with Gasteiger partial charge in [0.2, 0.25) is 6.20 Å². The van der Waals surface area contributed by atoms with Crippen molar-refractivity contribution >= 4 is 38.5 Å². The zero-order chi connectivity index (χ0) is 26.7. The molecule has 7 nitrogen and oxygen atoms in total. The number of nitrogens with zero attached hydrogens (tertiary/aromatic N) is 4. The quantitative estimate of drug-likeness (QED) is 0.187. The number of carbonyl (C=O) groups is 1. The van der Waals surface area contributed by atoms with E-state index in [4.69, 9.17) is 4.84 Å². The van der Waals surface area contributed by atoms with Crippen LogP contribution >= 0.6 is 15.9 Å². The predicted octanol–water partition coefficient (Wildman–Crippen LogP) is 5.27. The number of hydrogen-bond acceptors (Lipinski definition) is 5. The van der Waals surface area contributed by atoms with Crippen molar-refractivity contribution in [3.05, 3.63) is 76.4 Å². The topological polar surface area (TPSA) is 69.2 Å². The number of aromatic nitrogens is 1. The number of carbonyl (C=O) groups excluding carboxylic acids is 1. The first kappa shape index (κ1) is 26.6. The van der Waals surface area contributed by atoms with E-state index in [0.717, 1.165) is 77.7 Å². The molecule has 38 heavy (non-hydrogen) atoms. The fourth-order valence-electron chi connectivity index (χ4n) is 5.89. The van der Waals surface area contributed by atoms with Crippen molar-refractivity contribution in [3.63, 3.8) is 0 Å². The number of piperidine rings is 2. The molecule has 0 aliphatic carbocycles. The highest BCUT2D eigenvalue weighted by Gasteiger charge is 2.39. The van der Waals surface area contributed by atoms with E-state index in [1.807, 2.05) is 36.1 Å². The van der Waals surface area contributed by atoms with E-state index >= 15 is 0 Å². The lowest BCUT2D eigenvalue weighted by Gasteiger charge is -2.49. The molecule has 2 aliphatic heterocycles. The highest BCUT2D eigenvalue weighted by atomic mass is 79.9. The summed E-state index contributed by atoms with van der Waals surface area (Å²) in [5, 5.41) is 15.4. The van der Waals surface area contributed by atoms with Crippen LogP contribution in [0.2, 0.25) is 0 Å². The van der Waals surface area contributed by atoms with Gasteiger partial charge >= 0.3 is 0 Å². The van der Waals surface area contributed by atoms with Crippen molar-refractivity contribution < 1.29 is 19.6 Å². The maximum Gasteiger partial charge on any atom is 0.265 e. The molecule has 1 N–H and O–H groups in total. The van der Waals surface area contributed by atoms with E-state index in [0.29, 0.717) is 23.6 Å². The Bertz CT molecular complexity index is 1310. The maximum absolute atomic E-state index is 13.5. The molecule has 5 rings (SSSR count). The van der Waals surface area contributed by atoms with Crippen LogP contribution in [0.5, 0.6) is 0 Å². The second kappa shape index (κ2) is 11.4. The molecule has 3 aromatic rings. The molecule has 0 bridgehead atoms. The smallest absolute Gasteiger partial charge is 0.265 e. The van der Waals surface area contributed by atoms with Crippen molar-refractivity contribution in [2.75, 3.05) is 32.8 Å². The second-order valence-electron chi connectivity index (χ2n) is 10.5. The van der Waals surface area contributed by atoms with Crippen molar-refractivity contribution in [2.24, 2.45) is 11.1 Å². The molecule has 2 aliphatic rings. The molecule has 8 heteroatoms. The number of para-hydroxylation sites is 1. The molecule has 0 unspecified atom stereocenters. The third-order valence-electron chi connectivity index (χ3n) is 8.26. The Morgan fingerprint density at radius 2 is 1.76 bits per heavy atom. The van der Waals surface area contributed by atoms with Gasteiger partial charge in [-0.15, -0.1) is 0 Å². The number of hydrogen-bond donors (Lipinski definition) is 1. The van der Waals surface area contributed by atoms with Crippen LogP contribution in [-0.4, -0.2) is 65.0 Å². The van der Waals surface area contributed by atoms with E-state index < -0.39 is 0 Å². The second-order valence-corrected chi connectivity index (χ2v) is 11.5. The van der Waals surface area contributed by atoms with Gasteiger partial charge in [0.05, 0.1) is 16.7 Å². The molecule has 2 saturated heterocycles. The monoisotopic (exact) mass is 579 g/mol. The zero-order valence-corrected chi connectivity index (χ0v) is 23.7. The van der Waals surface area contributed by atoms with Crippen molar-refractivity contribution in [1.29, 1.82) is 0 Å². The van der Waals surface area contributed by atoms with Crippen LogP contribution in [0.1, 0.15) is 55.5 Å². The molecule has 0 atom stereocenters. The summed E-state index contributed by atoms with van der Waals surface area (Å²) in [5.41, 5.74) is 3.52. The van der Waals surface area contributed by atoms with Gasteiger partial charge < -0.3 is 9.74 Å². The van der Waals surface area contributed by atoms with E-state index in [2.05, 4.69) is 57.2 Å². The van der Waals surface area contributed by atoms with Gasteiger partial charge in [0, 0.05) is 45.9 Å². The molecule has 3 heterocycles. The molecular formula is C30H36BrN4O3+. The van der Waals surface area contributed by atoms with Crippen LogP contribution in [0.25, 0.3) is 10.9 Å². The molecule has 0 saturated carbocycles. The molecule has 1 aromatic heterocycles. The summed E-state index contributed by atoms with van der Waals surface area (Å²) < 4.78 is 2.13. The van der Waals surface area contributed by atoms with Crippen molar-refractivity contribution in [1.82, 2.24) is 9.80 Å². The van der Waals surface area contributed by atoms with Gasteiger partial charge in [-0.05, 0) is 76.4 Å². The number of halogens is 1. The molecule has 1 amide bonds. The Morgan fingerprint density at radius 1 is 1.08 bits per heavy atom. The number of amides is 1. The summed E-state index contributed by atoms with van der Waals surface area (Å²) in [7, 11) is 0. The van der Waals surface area contributed by atoms with Crippen LogP contribution in [0.3, 0.4) is 0 Å². The van der Waals surface area contributed by atoms with Gasteiger partial charge in [0.1, 0.15) is 6.61 Å². The highest BCUT2D eigenvalue weighted by Crippen LogP contribution is 2.34. The molecular weight excluding hydrogens is 544 g/mol. The first-order valence-corrected chi connectivity index (χ1v) is 14.3. The van der Waals surface area contributed by atoms with E-state index in [-0.39, 0.29) is 11.4 Å². The van der Waals surface area contributed by atoms with E-state index in [1.165, 1.54) is 0 Å². The summed E-state index contributed by atoms with van der Waals surface area (Å²) in [5.74, 6) is 0.402. The molecule has 2 aromatic carbocycles. The van der Waals surface area contributed by atoms with Crippen molar-refractivity contribution in [3.8, 4) is 0 Å². The average Bonchev–Trinajstić information content (AvgIpc) is 2.95. The lowest BCUT2D eigenvalue weighted by atomic mass is 9.82. The van der Waals surface area contributed by atoms with Gasteiger partial charge in [-0.2, -0.15) is 0 Å². The van der Waals surface area contributed by atoms with E-state index in [9.17, 15) is 10.0 Å². The Hall–Kier alpha value is -2.97. The van der Waals surface area contributed by atoms with E-state index in [1.54, 1.807) is 12.3 Å². The number of benzene rings is 2. The summed E-state index contributed by atoms with van der Waals surface area (Å²) in [6, 6.07) is 17.5. The maximum atomic E-state index is 13.5. The number of fused-ring (bicyclic) bond motifs is 1. The lowest BCUT2D eigenvalue weighted by molar-refractivity contribution is -0.884. The molecule has 0 spiro atoms. The third kappa shape index (κ3) is 5.43. The Labute approximate surface area is 232 Å². The van der Waals surface area contributed by atoms with Gasteiger partial charge in [-0.3, -0.25) is 14.9 Å². The van der Waals surface area contributed by atoms with Gasteiger partial charge in [-0.1, -0.05) is 45.4 Å². The van der Waals surface area contributed by atoms with Crippen LogP contribution in [-0.2, 0) is 4.84 Å². The van der Waals surface area contributed by atoms with Gasteiger partial charge in [0.15, 0.2) is 0 Å². The third-order valence-corrected chi connectivity index (χ3v) is 8.79. The summed E-state index contributed by atoms with van der Waals surface area (Å²) >= 11 is 3.53. The minimum absolute atomic E-state index is 0.0360. The molecule has 200 valence electrons. The SMILES string of the molecule is CCON=C(c1ccc(Br)cc1)C1CCN(C2(C)CCN(C(=O)c3cc[n+](O)c4ccccc34)CC2)CC1. The Balaban J connectivity index is 1.22. The zero-order valence-electron chi connectivity index (χ0n) is 22.1. The first-order chi connectivity index (χ1) is 18.4. The van der Waals surface area contributed by atoms with Crippen LogP contribution in [0, 0.1) is 5.92 Å². The minimum Gasteiger partial charge on any atom is -0.396 e. The Kier molecular flexibility index (Phi) is 8.00. The highest BCUT2D eigenvalue weighted by molar-refractivity contribution is 9.10. The Morgan fingerprint density at radius 3 is 2.45 bits per heavy atom. The van der Waals surface area contributed by atoms with Crippen LogP contribution in [0.4, 0.5) is 0 Å².